The quantitative estimate of drug-likeness (QED) is 0.706. The summed E-state index contributed by atoms with van der Waals surface area (Å²) in [5.74, 6) is 1.15. The van der Waals surface area contributed by atoms with Crippen molar-refractivity contribution in [2.24, 2.45) is 0 Å². The molecule has 24 heavy (non-hydrogen) atoms. The number of pyridine rings is 1. The average Bonchev–Trinajstić information content (AvgIpc) is 2.64. The van der Waals surface area contributed by atoms with Gasteiger partial charge in [0.1, 0.15) is 17.3 Å². The Kier molecular flexibility index (Phi) is 4.79. The summed E-state index contributed by atoms with van der Waals surface area (Å²) in [7, 11) is 0. The standard InChI is InChI=1S/C19H19FN4/c1-3-24(4-2)18-13-17(14-8-10-15(20)11-9-14)22-19(23-18)16-7-5-6-12-21-16/h5-13H,3-4H2,1-2H3. The second-order valence-electron chi connectivity index (χ2n) is 5.33. The highest BCUT2D eigenvalue weighted by Gasteiger charge is 2.12. The van der Waals surface area contributed by atoms with Crippen LogP contribution in [-0.2, 0) is 0 Å². The zero-order valence-corrected chi connectivity index (χ0v) is 13.8. The van der Waals surface area contributed by atoms with Crippen LogP contribution in [0.4, 0.5) is 10.2 Å². The maximum atomic E-state index is 13.2. The minimum atomic E-state index is -0.262. The molecule has 0 radical (unpaired) electrons. The van der Waals surface area contributed by atoms with Crippen LogP contribution in [0.3, 0.4) is 0 Å². The first-order chi connectivity index (χ1) is 11.7. The van der Waals surface area contributed by atoms with E-state index in [0.29, 0.717) is 5.82 Å². The Morgan fingerprint density at radius 3 is 2.29 bits per heavy atom. The van der Waals surface area contributed by atoms with Crippen molar-refractivity contribution in [1.82, 2.24) is 15.0 Å². The molecule has 0 amide bonds. The number of hydrogen-bond donors (Lipinski definition) is 0. The lowest BCUT2D eigenvalue weighted by Gasteiger charge is -2.21. The van der Waals surface area contributed by atoms with Gasteiger partial charge in [0.25, 0.3) is 0 Å². The molecule has 0 saturated carbocycles. The summed E-state index contributed by atoms with van der Waals surface area (Å²) >= 11 is 0. The van der Waals surface area contributed by atoms with Gasteiger partial charge in [-0.25, -0.2) is 14.4 Å². The predicted molar refractivity (Wildman–Crippen MR) is 94.2 cm³/mol. The normalized spacial score (nSPS) is 10.6. The summed E-state index contributed by atoms with van der Waals surface area (Å²) in [6.07, 6.45) is 1.72. The van der Waals surface area contributed by atoms with E-state index < -0.39 is 0 Å². The van der Waals surface area contributed by atoms with E-state index >= 15 is 0 Å². The van der Waals surface area contributed by atoms with E-state index in [4.69, 9.17) is 0 Å². The molecule has 0 unspecified atom stereocenters. The molecule has 5 heteroatoms. The van der Waals surface area contributed by atoms with E-state index in [9.17, 15) is 4.39 Å². The third-order valence-corrected chi connectivity index (χ3v) is 3.83. The van der Waals surface area contributed by atoms with E-state index in [1.807, 2.05) is 24.3 Å². The minimum Gasteiger partial charge on any atom is -0.357 e. The molecule has 4 nitrogen and oxygen atoms in total. The number of halogens is 1. The van der Waals surface area contributed by atoms with E-state index in [-0.39, 0.29) is 5.82 Å². The van der Waals surface area contributed by atoms with E-state index in [1.54, 1.807) is 18.3 Å². The molecule has 0 atom stereocenters. The Labute approximate surface area is 141 Å². The summed E-state index contributed by atoms with van der Waals surface area (Å²) in [5, 5.41) is 0. The van der Waals surface area contributed by atoms with Gasteiger partial charge in [0.2, 0.25) is 0 Å². The largest absolute Gasteiger partial charge is 0.357 e. The third kappa shape index (κ3) is 3.40. The maximum absolute atomic E-state index is 13.2. The van der Waals surface area contributed by atoms with Gasteiger partial charge in [0, 0.05) is 30.9 Å². The molecule has 2 heterocycles. The number of rotatable bonds is 5. The Morgan fingerprint density at radius 1 is 0.917 bits per heavy atom. The predicted octanol–water partition coefficient (Wildman–Crippen LogP) is 4.19. The first kappa shape index (κ1) is 16.1. The minimum absolute atomic E-state index is 0.262. The van der Waals surface area contributed by atoms with Crippen LogP contribution in [0.15, 0.2) is 54.7 Å². The smallest absolute Gasteiger partial charge is 0.180 e. The lowest BCUT2D eigenvalue weighted by Crippen LogP contribution is -2.23. The van der Waals surface area contributed by atoms with E-state index in [1.165, 1.54) is 12.1 Å². The molecule has 0 fully saturated rings. The number of benzene rings is 1. The van der Waals surface area contributed by atoms with Gasteiger partial charge < -0.3 is 4.90 Å². The van der Waals surface area contributed by atoms with Gasteiger partial charge in [-0.15, -0.1) is 0 Å². The molecule has 2 aromatic heterocycles. The molecule has 0 saturated heterocycles. The van der Waals surface area contributed by atoms with Gasteiger partial charge >= 0.3 is 0 Å². The molecular formula is C19H19FN4. The summed E-state index contributed by atoms with van der Waals surface area (Å²) < 4.78 is 13.2. The summed E-state index contributed by atoms with van der Waals surface area (Å²) in [6, 6.07) is 13.9. The van der Waals surface area contributed by atoms with Gasteiger partial charge in [0.05, 0.1) is 5.69 Å². The van der Waals surface area contributed by atoms with Crippen molar-refractivity contribution in [2.45, 2.75) is 13.8 Å². The summed E-state index contributed by atoms with van der Waals surface area (Å²) in [4.78, 5) is 15.8. The summed E-state index contributed by atoms with van der Waals surface area (Å²) in [6.45, 7) is 5.86. The monoisotopic (exact) mass is 322 g/mol. The van der Waals surface area contributed by atoms with E-state index in [2.05, 4.69) is 33.7 Å². The average molecular weight is 322 g/mol. The third-order valence-electron chi connectivity index (χ3n) is 3.83. The molecule has 0 N–H and O–H groups in total. The fourth-order valence-corrected chi connectivity index (χ4v) is 2.52. The first-order valence-corrected chi connectivity index (χ1v) is 8.02. The van der Waals surface area contributed by atoms with Crippen molar-refractivity contribution in [2.75, 3.05) is 18.0 Å². The molecule has 122 valence electrons. The SMILES string of the molecule is CCN(CC)c1cc(-c2ccc(F)cc2)nc(-c2ccccn2)n1. The van der Waals surface area contributed by atoms with Crippen LogP contribution in [0.5, 0.6) is 0 Å². The van der Waals surface area contributed by atoms with Crippen LogP contribution in [0, 0.1) is 5.82 Å². The zero-order valence-electron chi connectivity index (χ0n) is 13.8. The second kappa shape index (κ2) is 7.17. The Hall–Kier alpha value is -2.82. The molecule has 0 spiro atoms. The number of hydrogen-bond acceptors (Lipinski definition) is 4. The van der Waals surface area contributed by atoms with Gasteiger partial charge in [-0.1, -0.05) is 6.07 Å². The van der Waals surface area contributed by atoms with E-state index in [0.717, 1.165) is 35.9 Å². The lowest BCUT2D eigenvalue weighted by molar-refractivity contribution is 0.628. The number of aromatic nitrogens is 3. The second-order valence-corrected chi connectivity index (χ2v) is 5.33. The van der Waals surface area contributed by atoms with Crippen molar-refractivity contribution in [3.63, 3.8) is 0 Å². The van der Waals surface area contributed by atoms with Crippen LogP contribution in [-0.4, -0.2) is 28.0 Å². The maximum Gasteiger partial charge on any atom is 0.180 e. The topological polar surface area (TPSA) is 41.9 Å². The van der Waals surface area contributed by atoms with Crippen molar-refractivity contribution < 1.29 is 4.39 Å². The number of anilines is 1. The molecule has 0 aliphatic heterocycles. The molecule has 0 aliphatic rings. The van der Waals surface area contributed by atoms with Gasteiger partial charge in [-0.2, -0.15) is 0 Å². The molecule has 1 aromatic carbocycles. The molecule has 3 rings (SSSR count). The highest BCUT2D eigenvalue weighted by molar-refractivity contribution is 5.66. The van der Waals surface area contributed by atoms with Crippen molar-refractivity contribution in [3.05, 3.63) is 60.5 Å². The highest BCUT2D eigenvalue weighted by atomic mass is 19.1. The van der Waals surface area contributed by atoms with Crippen molar-refractivity contribution in [1.29, 1.82) is 0 Å². The van der Waals surface area contributed by atoms with Gasteiger partial charge in [-0.3, -0.25) is 4.98 Å². The zero-order chi connectivity index (χ0) is 16.9. The van der Waals surface area contributed by atoms with Crippen LogP contribution in [0.2, 0.25) is 0 Å². The highest BCUT2D eigenvalue weighted by Crippen LogP contribution is 2.25. The van der Waals surface area contributed by atoms with Crippen LogP contribution >= 0.6 is 0 Å². The molecular weight excluding hydrogens is 303 g/mol. The Morgan fingerprint density at radius 2 is 1.67 bits per heavy atom. The van der Waals surface area contributed by atoms with Gasteiger partial charge in [-0.05, 0) is 50.2 Å². The van der Waals surface area contributed by atoms with Crippen molar-refractivity contribution in [3.8, 4) is 22.8 Å². The fourth-order valence-electron chi connectivity index (χ4n) is 2.52. The Bertz CT molecular complexity index is 799. The first-order valence-electron chi connectivity index (χ1n) is 8.02. The van der Waals surface area contributed by atoms with Crippen molar-refractivity contribution >= 4 is 5.82 Å². The van der Waals surface area contributed by atoms with Gasteiger partial charge in [0.15, 0.2) is 5.82 Å². The Balaban J connectivity index is 2.14. The lowest BCUT2D eigenvalue weighted by atomic mass is 10.1. The fraction of sp³-hybridized carbons (Fsp3) is 0.211. The van der Waals surface area contributed by atoms with Crippen LogP contribution in [0.25, 0.3) is 22.8 Å². The summed E-state index contributed by atoms with van der Waals surface area (Å²) in [5.41, 5.74) is 2.33. The molecule has 3 aromatic rings. The van der Waals surface area contributed by atoms with Crippen LogP contribution in [0.1, 0.15) is 13.8 Å². The van der Waals surface area contributed by atoms with Crippen LogP contribution < -0.4 is 4.90 Å². The molecule has 0 bridgehead atoms. The number of nitrogens with zero attached hydrogens (tertiary/aromatic N) is 4. The molecule has 0 aliphatic carbocycles.